The number of fused-ring (bicyclic) bond motifs is 1. The van der Waals surface area contributed by atoms with Gasteiger partial charge in [-0.05, 0) is 70.3 Å². The zero-order valence-corrected chi connectivity index (χ0v) is 14.6. The molecule has 0 fully saturated rings. The fourth-order valence-electron chi connectivity index (χ4n) is 2.02. The summed E-state index contributed by atoms with van der Waals surface area (Å²) in [6.07, 6.45) is -4.49. The lowest BCUT2D eigenvalue weighted by molar-refractivity contribution is -0.137. The number of rotatable bonds is 4. The van der Waals surface area contributed by atoms with Gasteiger partial charge in [0.2, 0.25) is 0 Å². The Labute approximate surface area is 153 Å². The number of nitrogens with one attached hydrogen (secondary N) is 1. The summed E-state index contributed by atoms with van der Waals surface area (Å²) in [4.78, 5) is 17.8. The monoisotopic (exact) mass is 462 g/mol. The largest absolute Gasteiger partial charge is 0.416 e. The van der Waals surface area contributed by atoms with Gasteiger partial charge in [-0.2, -0.15) is 13.2 Å². The van der Waals surface area contributed by atoms with Crippen LogP contribution in [0.15, 0.2) is 42.5 Å². The lowest BCUT2D eigenvalue weighted by atomic mass is 10.2. The predicted molar refractivity (Wildman–Crippen MR) is 91.8 cm³/mol. The Balaban J connectivity index is 1.70. The van der Waals surface area contributed by atoms with Crippen molar-refractivity contribution in [2.75, 3.05) is 11.9 Å². The molecule has 0 aliphatic carbocycles. The number of hydrogen-bond acceptors (Lipinski definition) is 4. The van der Waals surface area contributed by atoms with Crippen molar-refractivity contribution in [1.29, 1.82) is 0 Å². The summed E-state index contributed by atoms with van der Waals surface area (Å²) in [6, 6.07) is 10.1. The van der Waals surface area contributed by atoms with Crippen molar-refractivity contribution in [2.24, 2.45) is 0 Å². The molecule has 25 heavy (non-hydrogen) atoms. The fraction of sp³-hybridized carbons (Fsp3) is 0.133. The van der Waals surface area contributed by atoms with E-state index in [0.29, 0.717) is 5.69 Å². The maximum Gasteiger partial charge on any atom is 0.416 e. The number of anilines is 1. The SMILES string of the molecule is O=C(COn1nnc2ccc(C(F)(F)F)cc21)Nc1ccc(I)cc1. The second-order valence-electron chi connectivity index (χ2n) is 4.99. The third kappa shape index (κ3) is 4.18. The zero-order valence-electron chi connectivity index (χ0n) is 12.4. The number of carbonyl (C=O) groups excluding carboxylic acids is 1. The molecule has 0 saturated heterocycles. The first-order valence-electron chi connectivity index (χ1n) is 6.94. The molecular formula is C15H10F3IN4O2. The van der Waals surface area contributed by atoms with Crippen molar-refractivity contribution < 1.29 is 22.8 Å². The number of benzene rings is 2. The third-order valence-corrected chi connectivity index (χ3v) is 3.91. The van der Waals surface area contributed by atoms with E-state index in [0.717, 1.165) is 20.5 Å². The van der Waals surface area contributed by atoms with Gasteiger partial charge in [0, 0.05) is 9.26 Å². The van der Waals surface area contributed by atoms with Crippen LogP contribution >= 0.6 is 22.6 Å². The minimum Gasteiger partial charge on any atom is -0.385 e. The average molecular weight is 462 g/mol. The topological polar surface area (TPSA) is 69.0 Å². The van der Waals surface area contributed by atoms with E-state index in [2.05, 4.69) is 38.2 Å². The lowest BCUT2D eigenvalue weighted by Gasteiger charge is -2.08. The Kier molecular flexibility index (Phi) is 4.79. The molecule has 0 aliphatic heterocycles. The van der Waals surface area contributed by atoms with Gasteiger partial charge in [-0.15, -0.1) is 5.10 Å². The second kappa shape index (κ2) is 6.86. The molecule has 0 spiro atoms. The van der Waals surface area contributed by atoms with Crippen molar-refractivity contribution in [3.8, 4) is 0 Å². The Hall–Kier alpha value is -2.37. The number of alkyl halides is 3. The van der Waals surface area contributed by atoms with E-state index in [1.54, 1.807) is 12.1 Å². The fourth-order valence-corrected chi connectivity index (χ4v) is 2.38. The van der Waals surface area contributed by atoms with Crippen molar-refractivity contribution >= 4 is 45.2 Å². The van der Waals surface area contributed by atoms with Crippen molar-refractivity contribution in [2.45, 2.75) is 6.18 Å². The molecule has 130 valence electrons. The van der Waals surface area contributed by atoms with E-state index in [-0.39, 0.29) is 11.0 Å². The van der Waals surface area contributed by atoms with Crippen LogP contribution in [0.3, 0.4) is 0 Å². The second-order valence-corrected chi connectivity index (χ2v) is 6.24. The highest BCUT2D eigenvalue weighted by Gasteiger charge is 2.31. The van der Waals surface area contributed by atoms with Gasteiger partial charge >= 0.3 is 6.18 Å². The van der Waals surface area contributed by atoms with Crippen molar-refractivity contribution in [1.82, 2.24) is 15.2 Å². The summed E-state index contributed by atoms with van der Waals surface area (Å²) in [5, 5.41) is 9.91. The molecular weight excluding hydrogens is 452 g/mol. The maximum absolute atomic E-state index is 12.8. The average Bonchev–Trinajstić information content (AvgIpc) is 2.96. The molecule has 0 radical (unpaired) electrons. The lowest BCUT2D eigenvalue weighted by Crippen LogP contribution is -2.26. The normalized spacial score (nSPS) is 11.5. The molecule has 0 aliphatic rings. The van der Waals surface area contributed by atoms with Crippen molar-refractivity contribution in [3.05, 3.63) is 51.6 Å². The molecule has 0 unspecified atom stereocenters. The first kappa shape index (κ1) is 17.5. The molecule has 1 aromatic heterocycles. The smallest absolute Gasteiger partial charge is 0.385 e. The first-order chi connectivity index (χ1) is 11.8. The van der Waals surface area contributed by atoms with E-state index < -0.39 is 24.3 Å². The van der Waals surface area contributed by atoms with Crippen LogP contribution in [0, 0.1) is 3.57 Å². The summed E-state index contributed by atoms with van der Waals surface area (Å²) in [6.45, 7) is -0.430. The number of halogens is 4. The number of aromatic nitrogens is 3. The molecule has 0 saturated carbocycles. The highest BCUT2D eigenvalue weighted by atomic mass is 127. The Morgan fingerprint density at radius 2 is 1.92 bits per heavy atom. The highest BCUT2D eigenvalue weighted by molar-refractivity contribution is 14.1. The van der Waals surface area contributed by atoms with Gasteiger partial charge in [-0.25, -0.2) is 0 Å². The van der Waals surface area contributed by atoms with E-state index >= 15 is 0 Å². The van der Waals surface area contributed by atoms with Crippen LogP contribution in [0.25, 0.3) is 11.0 Å². The summed E-state index contributed by atoms with van der Waals surface area (Å²) >= 11 is 2.13. The van der Waals surface area contributed by atoms with Gasteiger partial charge in [0.15, 0.2) is 6.61 Å². The molecule has 0 bridgehead atoms. The summed E-state index contributed by atoms with van der Waals surface area (Å²) in [5.74, 6) is -0.475. The van der Waals surface area contributed by atoms with Gasteiger partial charge in [0.05, 0.1) is 5.56 Å². The quantitative estimate of drug-likeness (QED) is 0.606. The molecule has 1 N–H and O–H groups in total. The summed E-state index contributed by atoms with van der Waals surface area (Å²) < 4.78 is 39.4. The molecule has 1 heterocycles. The number of nitrogens with zero attached hydrogens (tertiary/aromatic N) is 3. The van der Waals surface area contributed by atoms with E-state index in [1.807, 2.05) is 12.1 Å². The van der Waals surface area contributed by atoms with Crippen LogP contribution in [0.2, 0.25) is 0 Å². The van der Waals surface area contributed by atoms with E-state index in [1.165, 1.54) is 6.07 Å². The molecule has 1 amide bonds. The first-order valence-corrected chi connectivity index (χ1v) is 8.02. The third-order valence-electron chi connectivity index (χ3n) is 3.19. The van der Waals surface area contributed by atoms with Crippen LogP contribution in [-0.4, -0.2) is 27.7 Å². The number of carbonyl (C=O) groups is 1. The zero-order chi connectivity index (χ0) is 18.0. The van der Waals surface area contributed by atoms with E-state index in [9.17, 15) is 18.0 Å². The summed E-state index contributed by atoms with van der Waals surface area (Å²) in [5.41, 5.74) is -0.0183. The van der Waals surface area contributed by atoms with Crippen molar-refractivity contribution in [3.63, 3.8) is 0 Å². The van der Waals surface area contributed by atoms with Crippen LogP contribution in [-0.2, 0) is 11.0 Å². The van der Waals surface area contributed by atoms with Gasteiger partial charge < -0.3 is 10.2 Å². The maximum atomic E-state index is 12.8. The van der Waals surface area contributed by atoms with Gasteiger partial charge in [0.25, 0.3) is 5.91 Å². The van der Waals surface area contributed by atoms with Crippen LogP contribution in [0.1, 0.15) is 5.56 Å². The molecule has 3 rings (SSSR count). The molecule has 3 aromatic rings. The van der Waals surface area contributed by atoms with Crippen LogP contribution in [0.4, 0.5) is 18.9 Å². The van der Waals surface area contributed by atoms with Gasteiger partial charge in [-0.1, -0.05) is 4.85 Å². The van der Waals surface area contributed by atoms with E-state index in [4.69, 9.17) is 4.84 Å². The molecule has 0 atom stereocenters. The Morgan fingerprint density at radius 1 is 1.20 bits per heavy atom. The Bertz CT molecular complexity index is 909. The standard InChI is InChI=1S/C15H10F3IN4O2/c16-15(17,18)9-1-6-12-13(7-9)23(22-21-12)25-8-14(24)20-11-4-2-10(19)3-5-11/h1-7H,8H2,(H,20,24). The Morgan fingerprint density at radius 3 is 2.60 bits per heavy atom. The number of hydrogen-bond donors (Lipinski definition) is 1. The minimum atomic E-state index is -4.49. The summed E-state index contributed by atoms with van der Waals surface area (Å²) in [7, 11) is 0. The molecule has 2 aromatic carbocycles. The van der Waals surface area contributed by atoms with Crippen LogP contribution in [0.5, 0.6) is 0 Å². The number of amides is 1. The van der Waals surface area contributed by atoms with Gasteiger partial charge in [-0.3, -0.25) is 4.79 Å². The minimum absolute atomic E-state index is 0.0249. The molecule has 6 nitrogen and oxygen atoms in total. The predicted octanol–water partition coefficient (Wildman–Crippen LogP) is 3.12. The van der Waals surface area contributed by atoms with Crippen LogP contribution < -0.4 is 10.2 Å². The van der Waals surface area contributed by atoms with Gasteiger partial charge in [0.1, 0.15) is 11.0 Å². The molecule has 10 heteroatoms. The highest BCUT2D eigenvalue weighted by Crippen LogP contribution is 2.30.